The van der Waals surface area contributed by atoms with Crippen LogP contribution in [0.5, 0.6) is 0 Å². The second kappa shape index (κ2) is 7.52. The Kier molecular flexibility index (Phi) is 5.07. The summed E-state index contributed by atoms with van der Waals surface area (Å²) in [4.78, 5) is 21.5. The minimum atomic E-state index is -3.23. The maximum Gasteiger partial charge on any atom is 0.227 e. The van der Waals surface area contributed by atoms with Gasteiger partial charge in [0.05, 0.1) is 21.5 Å². The van der Waals surface area contributed by atoms with Gasteiger partial charge in [0.1, 0.15) is 0 Å². The Bertz CT molecular complexity index is 1100. The van der Waals surface area contributed by atoms with Crippen molar-refractivity contribution in [3.63, 3.8) is 0 Å². The molecule has 4 rings (SSSR count). The second-order valence-electron chi connectivity index (χ2n) is 6.93. The van der Waals surface area contributed by atoms with Gasteiger partial charge in [0.15, 0.2) is 15.0 Å². The van der Waals surface area contributed by atoms with Crippen LogP contribution in [0.1, 0.15) is 5.56 Å². The van der Waals surface area contributed by atoms with Crippen molar-refractivity contribution in [1.82, 2.24) is 9.88 Å². The Morgan fingerprint density at radius 1 is 1.07 bits per heavy atom. The molecule has 1 fully saturated rings. The molecule has 0 atom stereocenters. The van der Waals surface area contributed by atoms with Crippen molar-refractivity contribution in [2.75, 3.05) is 37.3 Å². The van der Waals surface area contributed by atoms with E-state index in [1.165, 1.54) is 17.6 Å². The molecule has 3 aromatic rings. The van der Waals surface area contributed by atoms with Crippen molar-refractivity contribution in [3.05, 3.63) is 54.1 Å². The molecular weight excluding hydrogens is 394 g/mol. The lowest BCUT2D eigenvalue weighted by molar-refractivity contribution is -0.130. The van der Waals surface area contributed by atoms with Crippen LogP contribution in [0, 0.1) is 0 Å². The molecule has 0 bridgehead atoms. The average molecular weight is 416 g/mol. The van der Waals surface area contributed by atoms with E-state index in [0.29, 0.717) is 24.4 Å². The van der Waals surface area contributed by atoms with Crippen molar-refractivity contribution in [3.8, 4) is 0 Å². The molecule has 1 amide bonds. The van der Waals surface area contributed by atoms with Crippen molar-refractivity contribution in [2.24, 2.45) is 0 Å². The van der Waals surface area contributed by atoms with Gasteiger partial charge in [0, 0.05) is 32.4 Å². The molecule has 8 heteroatoms. The Hall–Kier alpha value is -2.45. The third-order valence-electron chi connectivity index (χ3n) is 4.88. The van der Waals surface area contributed by atoms with Gasteiger partial charge in [0.25, 0.3) is 0 Å². The van der Waals surface area contributed by atoms with Gasteiger partial charge >= 0.3 is 0 Å². The highest BCUT2D eigenvalue weighted by atomic mass is 32.2. The van der Waals surface area contributed by atoms with Gasteiger partial charge in [-0.2, -0.15) is 0 Å². The lowest BCUT2D eigenvalue weighted by atomic mass is 10.1. The number of sulfone groups is 1. The molecule has 1 aromatic heterocycles. The first-order valence-electron chi connectivity index (χ1n) is 9.07. The highest BCUT2D eigenvalue weighted by Gasteiger charge is 2.23. The van der Waals surface area contributed by atoms with E-state index in [4.69, 9.17) is 0 Å². The Morgan fingerprint density at radius 2 is 1.79 bits per heavy atom. The van der Waals surface area contributed by atoms with E-state index < -0.39 is 9.84 Å². The van der Waals surface area contributed by atoms with Crippen LogP contribution >= 0.6 is 11.3 Å². The molecule has 1 aliphatic rings. The SMILES string of the molecule is CS(=O)(=O)c1ccc2nc(N3CCN(C(=O)Cc4ccccc4)CC3)sc2c1. The van der Waals surface area contributed by atoms with Gasteiger partial charge in [-0.3, -0.25) is 4.79 Å². The van der Waals surface area contributed by atoms with E-state index in [1.807, 2.05) is 35.2 Å². The second-order valence-corrected chi connectivity index (χ2v) is 9.95. The largest absolute Gasteiger partial charge is 0.345 e. The maximum atomic E-state index is 12.5. The van der Waals surface area contributed by atoms with Gasteiger partial charge in [-0.1, -0.05) is 41.7 Å². The van der Waals surface area contributed by atoms with E-state index in [-0.39, 0.29) is 5.91 Å². The predicted molar refractivity (Wildman–Crippen MR) is 112 cm³/mol. The summed E-state index contributed by atoms with van der Waals surface area (Å²) in [6.45, 7) is 2.77. The van der Waals surface area contributed by atoms with Crippen LogP contribution in [0.4, 0.5) is 5.13 Å². The molecule has 1 aliphatic heterocycles. The molecule has 0 N–H and O–H groups in total. The van der Waals surface area contributed by atoms with E-state index in [0.717, 1.165) is 34.0 Å². The summed E-state index contributed by atoms with van der Waals surface area (Å²) in [5, 5.41) is 0.871. The van der Waals surface area contributed by atoms with E-state index in [9.17, 15) is 13.2 Å². The topological polar surface area (TPSA) is 70.6 Å². The summed E-state index contributed by atoms with van der Waals surface area (Å²) in [6.07, 6.45) is 1.64. The van der Waals surface area contributed by atoms with Crippen LogP contribution in [-0.4, -0.2) is 56.6 Å². The Morgan fingerprint density at radius 3 is 2.46 bits per heavy atom. The maximum absolute atomic E-state index is 12.5. The van der Waals surface area contributed by atoms with Gasteiger partial charge < -0.3 is 9.80 Å². The number of nitrogens with zero attached hydrogens (tertiary/aromatic N) is 3. The number of carbonyl (C=O) groups excluding carboxylic acids is 1. The fourth-order valence-corrected chi connectivity index (χ4v) is 5.07. The number of thiazole rings is 1. The summed E-state index contributed by atoms with van der Waals surface area (Å²) in [7, 11) is -3.23. The number of aromatic nitrogens is 1. The standard InChI is InChI=1S/C20H21N3O3S2/c1-28(25,26)16-7-8-17-18(14-16)27-20(21-17)23-11-9-22(10-12-23)19(24)13-15-5-3-2-4-6-15/h2-8,14H,9-13H2,1H3. The van der Waals surface area contributed by atoms with Crippen LogP contribution in [0.3, 0.4) is 0 Å². The summed E-state index contributed by atoms with van der Waals surface area (Å²) >= 11 is 1.49. The highest BCUT2D eigenvalue weighted by Crippen LogP contribution is 2.31. The zero-order chi connectivity index (χ0) is 19.7. The molecule has 2 aromatic carbocycles. The first-order chi connectivity index (χ1) is 13.4. The van der Waals surface area contributed by atoms with Crippen LogP contribution < -0.4 is 4.90 Å². The number of carbonyl (C=O) groups is 1. The normalized spacial score (nSPS) is 15.2. The van der Waals surface area contributed by atoms with Gasteiger partial charge in [-0.15, -0.1) is 0 Å². The third kappa shape index (κ3) is 4.02. The number of piperazine rings is 1. The molecule has 0 unspecified atom stereocenters. The number of hydrogen-bond acceptors (Lipinski definition) is 6. The molecule has 1 saturated heterocycles. The molecule has 0 radical (unpaired) electrons. The number of rotatable bonds is 4. The molecule has 0 spiro atoms. The van der Waals surface area contributed by atoms with Crippen molar-refractivity contribution >= 4 is 42.4 Å². The lowest BCUT2D eigenvalue weighted by Crippen LogP contribution is -2.49. The molecule has 0 aliphatic carbocycles. The van der Waals surface area contributed by atoms with Crippen molar-refractivity contribution in [2.45, 2.75) is 11.3 Å². The van der Waals surface area contributed by atoms with E-state index in [1.54, 1.807) is 18.2 Å². The van der Waals surface area contributed by atoms with Gasteiger partial charge in [0.2, 0.25) is 5.91 Å². The minimum Gasteiger partial charge on any atom is -0.345 e. The summed E-state index contributed by atoms with van der Waals surface area (Å²) in [5.41, 5.74) is 1.83. The van der Waals surface area contributed by atoms with Crippen molar-refractivity contribution < 1.29 is 13.2 Å². The van der Waals surface area contributed by atoms with E-state index >= 15 is 0 Å². The van der Waals surface area contributed by atoms with E-state index in [2.05, 4.69) is 9.88 Å². The fourth-order valence-electron chi connectivity index (χ4n) is 3.29. The monoisotopic (exact) mass is 415 g/mol. The Balaban J connectivity index is 1.43. The molecular formula is C20H21N3O3S2. The molecule has 6 nitrogen and oxygen atoms in total. The number of hydrogen-bond donors (Lipinski definition) is 0. The molecule has 2 heterocycles. The van der Waals surface area contributed by atoms with Gasteiger partial charge in [-0.05, 0) is 23.8 Å². The number of fused-ring (bicyclic) bond motifs is 1. The van der Waals surface area contributed by atoms with Crippen LogP contribution in [0.15, 0.2) is 53.4 Å². The molecule has 146 valence electrons. The highest BCUT2D eigenvalue weighted by molar-refractivity contribution is 7.90. The average Bonchev–Trinajstić information content (AvgIpc) is 3.11. The summed E-state index contributed by atoms with van der Waals surface area (Å²) in [5.74, 6) is 0.146. The van der Waals surface area contributed by atoms with Gasteiger partial charge in [-0.25, -0.2) is 13.4 Å². The van der Waals surface area contributed by atoms with Crippen molar-refractivity contribution in [1.29, 1.82) is 0 Å². The quantitative estimate of drug-likeness (QED) is 0.655. The number of benzene rings is 2. The molecule has 0 saturated carbocycles. The van der Waals surface area contributed by atoms with Crippen LogP contribution in [0.25, 0.3) is 10.2 Å². The molecule has 28 heavy (non-hydrogen) atoms. The number of anilines is 1. The zero-order valence-electron chi connectivity index (χ0n) is 15.5. The third-order valence-corrected chi connectivity index (χ3v) is 7.07. The van der Waals surface area contributed by atoms with Crippen LogP contribution in [-0.2, 0) is 21.1 Å². The fraction of sp³-hybridized carbons (Fsp3) is 0.300. The first kappa shape index (κ1) is 18.9. The Labute approximate surface area is 168 Å². The smallest absolute Gasteiger partial charge is 0.227 e. The summed E-state index contributed by atoms with van der Waals surface area (Å²) in [6, 6.07) is 14.8. The number of amides is 1. The summed E-state index contributed by atoms with van der Waals surface area (Å²) < 4.78 is 24.4. The van der Waals surface area contributed by atoms with Crippen LogP contribution in [0.2, 0.25) is 0 Å². The zero-order valence-corrected chi connectivity index (χ0v) is 17.2. The lowest BCUT2D eigenvalue weighted by Gasteiger charge is -2.34. The predicted octanol–water partition coefficient (Wildman–Crippen LogP) is 2.59. The first-order valence-corrected chi connectivity index (χ1v) is 11.8. The minimum absolute atomic E-state index is 0.146.